The number of rotatable bonds is 1. The van der Waals surface area contributed by atoms with Crippen molar-refractivity contribution in [1.29, 1.82) is 0 Å². The van der Waals surface area contributed by atoms with Crippen molar-refractivity contribution in [2.24, 2.45) is 0 Å². The van der Waals surface area contributed by atoms with E-state index in [4.69, 9.17) is 0 Å². The van der Waals surface area contributed by atoms with E-state index in [9.17, 15) is 0 Å². The van der Waals surface area contributed by atoms with Crippen LogP contribution in [0, 0.1) is 0 Å². The van der Waals surface area contributed by atoms with E-state index in [1.807, 2.05) is 0 Å². The fraction of sp³-hybridized carbons (Fsp3) is 1.00. The Morgan fingerprint density at radius 1 is 1.09 bits per heavy atom. The molecule has 0 unspecified atom stereocenters. The van der Waals surface area contributed by atoms with Crippen molar-refractivity contribution in [3.05, 3.63) is 0 Å². The van der Waals surface area contributed by atoms with Crippen LogP contribution in [-0.4, -0.2) is 23.0 Å². The molecular weight excluding hydrogens is 134 g/mol. The summed E-state index contributed by atoms with van der Waals surface area (Å²) in [5.41, 5.74) is 0.689. The average Bonchev–Trinajstić information content (AvgIpc) is 2.27. The fourth-order valence-electron chi connectivity index (χ4n) is 2.89. The Bertz CT molecular complexity index is 147. The number of likely N-dealkylation sites (tertiary alicyclic amines) is 1. The summed E-state index contributed by atoms with van der Waals surface area (Å²) in [5, 5.41) is 0. The van der Waals surface area contributed by atoms with Crippen LogP contribution in [0.25, 0.3) is 0 Å². The molecule has 1 aliphatic heterocycles. The molecule has 11 heavy (non-hydrogen) atoms. The second-order valence-electron chi connectivity index (χ2n) is 4.47. The van der Waals surface area contributed by atoms with Gasteiger partial charge in [0.25, 0.3) is 0 Å². The van der Waals surface area contributed by atoms with Crippen molar-refractivity contribution in [3.63, 3.8) is 0 Å². The van der Waals surface area contributed by atoms with Crippen molar-refractivity contribution in [1.82, 2.24) is 4.90 Å². The zero-order valence-corrected chi connectivity index (χ0v) is 7.77. The first-order valence-corrected chi connectivity index (χ1v) is 5.01. The van der Waals surface area contributed by atoms with E-state index in [0.29, 0.717) is 5.54 Å². The summed E-state index contributed by atoms with van der Waals surface area (Å²) in [4.78, 5) is 2.73. The molecule has 1 spiro atoms. The molecular formula is C10H19N. The van der Waals surface area contributed by atoms with E-state index >= 15 is 0 Å². The highest BCUT2D eigenvalue weighted by Crippen LogP contribution is 2.46. The van der Waals surface area contributed by atoms with Gasteiger partial charge in [-0.2, -0.15) is 0 Å². The van der Waals surface area contributed by atoms with Crippen LogP contribution in [0.5, 0.6) is 0 Å². The minimum absolute atomic E-state index is 0.689. The van der Waals surface area contributed by atoms with Crippen LogP contribution in [-0.2, 0) is 0 Å². The second kappa shape index (κ2) is 2.48. The summed E-state index contributed by atoms with van der Waals surface area (Å²) in [6.45, 7) is 6.04. The maximum atomic E-state index is 2.73. The standard InChI is InChI=1S/C10H19N/c1-9(2)11-8-4-7-10(11)5-3-6-10/h9H,3-8H2,1-2H3. The van der Waals surface area contributed by atoms with Gasteiger partial charge in [-0.25, -0.2) is 0 Å². The van der Waals surface area contributed by atoms with Gasteiger partial charge in [-0.1, -0.05) is 0 Å². The van der Waals surface area contributed by atoms with Crippen LogP contribution in [0.15, 0.2) is 0 Å². The predicted molar refractivity (Wildman–Crippen MR) is 47.7 cm³/mol. The van der Waals surface area contributed by atoms with Crippen LogP contribution in [0.4, 0.5) is 0 Å². The van der Waals surface area contributed by atoms with Gasteiger partial charge in [0.2, 0.25) is 0 Å². The zero-order chi connectivity index (χ0) is 7.90. The van der Waals surface area contributed by atoms with Gasteiger partial charge in [0.15, 0.2) is 0 Å². The molecule has 0 aromatic heterocycles. The molecule has 2 fully saturated rings. The normalized spacial score (nSPS) is 29.7. The lowest BCUT2D eigenvalue weighted by atomic mass is 9.74. The minimum atomic E-state index is 0.689. The minimum Gasteiger partial charge on any atom is -0.295 e. The van der Waals surface area contributed by atoms with E-state index in [2.05, 4.69) is 18.7 Å². The Morgan fingerprint density at radius 3 is 2.09 bits per heavy atom. The first-order valence-electron chi connectivity index (χ1n) is 5.01. The highest BCUT2D eigenvalue weighted by atomic mass is 15.2. The fourth-order valence-corrected chi connectivity index (χ4v) is 2.89. The zero-order valence-electron chi connectivity index (χ0n) is 7.77. The molecule has 1 aliphatic carbocycles. The summed E-state index contributed by atoms with van der Waals surface area (Å²) in [6.07, 6.45) is 7.35. The average molecular weight is 153 g/mol. The van der Waals surface area contributed by atoms with Crippen molar-refractivity contribution in [2.75, 3.05) is 6.54 Å². The Balaban J connectivity index is 2.07. The van der Waals surface area contributed by atoms with Gasteiger partial charge >= 0.3 is 0 Å². The topological polar surface area (TPSA) is 3.24 Å². The molecule has 1 heteroatoms. The lowest BCUT2D eigenvalue weighted by Gasteiger charge is -2.48. The third-order valence-corrected chi connectivity index (χ3v) is 3.56. The molecule has 2 aliphatic rings. The van der Waals surface area contributed by atoms with Gasteiger partial charge in [-0.05, 0) is 52.5 Å². The molecule has 2 rings (SSSR count). The number of hydrogen-bond donors (Lipinski definition) is 0. The molecule has 0 atom stereocenters. The van der Waals surface area contributed by atoms with Gasteiger partial charge in [0.1, 0.15) is 0 Å². The quantitative estimate of drug-likeness (QED) is 0.559. The van der Waals surface area contributed by atoms with Crippen molar-refractivity contribution < 1.29 is 0 Å². The molecule has 0 radical (unpaired) electrons. The predicted octanol–water partition coefficient (Wildman–Crippen LogP) is 2.41. The van der Waals surface area contributed by atoms with Crippen LogP contribution in [0.3, 0.4) is 0 Å². The second-order valence-corrected chi connectivity index (χ2v) is 4.47. The van der Waals surface area contributed by atoms with E-state index < -0.39 is 0 Å². The largest absolute Gasteiger partial charge is 0.295 e. The third-order valence-electron chi connectivity index (χ3n) is 3.56. The monoisotopic (exact) mass is 153 g/mol. The molecule has 1 heterocycles. The van der Waals surface area contributed by atoms with Gasteiger partial charge < -0.3 is 0 Å². The van der Waals surface area contributed by atoms with E-state index in [1.165, 1.54) is 38.6 Å². The van der Waals surface area contributed by atoms with E-state index in [0.717, 1.165) is 6.04 Å². The molecule has 0 bridgehead atoms. The first-order chi connectivity index (χ1) is 5.25. The SMILES string of the molecule is CC(C)N1CCCC12CCC2. The Morgan fingerprint density at radius 2 is 1.73 bits per heavy atom. The summed E-state index contributed by atoms with van der Waals surface area (Å²) < 4.78 is 0. The lowest BCUT2D eigenvalue weighted by Crippen LogP contribution is -2.52. The molecule has 0 N–H and O–H groups in total. The molecule has 0 aromatic carbocycles. The summed E-state index contributed by atoms with van der Waals surface area (Å²) in [5.74, 6) is 0. The maximum Gasteiger partial charge on any atom is 0.0212 e. The van der Waals surface area contributed by atoms with Crippen LogP contribution in [0.1, 0.15) is 46.0 Å². The Kier molecular flexibility index (Phi) is 1.71. The van der Waals surface area contributed by atoms with Crippen LogP contribution < -0.4 is 0 Å². The van der Waals surface area contributed by atoms with Crippen LogP contribution in [0.2, 0.25) is 0 Å². The van der Waals surface area contributed by atoms with Gasteiger partial charge in [0, 0.05) is 11.6 Å². The number of hydrogen-bond acceptors (Lipinski definition) is 1. The maximum absolute atomic E-state index is 2.73. The Hall–Kier alpha value is -0.0400. The summed E-state index contributed by atoms with van der Waals surface area (Å²) in [7, 11) is 0. The molecule has 1 nitrogen and oxygen atoms in total. The third kappa shape index (κ3) is 1.01. The summed E-state index contributed by atoms with van der Waals surface area (Å²) in [6, 6.07) is 0.776. The smallest absolute Gasteiger partial charge is 0.0212 e. The first kappa shape index (κ1) is 7.60. The van der Waals surface area contributed by atoms with Crippen molar-refractivity contribution >= 4 is 0 Å². The Labute approximate surface area is 69.8 Å². The number of nitrogens with zero attached hydrogens (tertiary/aromatic N) is 1. The van der Waals surface area contributed by atoms with Crippen LogP contribution >= 0.6 is 0 Å². The van der Waals surface area contributed by atoms with Crippen molar-refractivity contribution in [2.45, 2.75) is 57.5 Å². The van der Waals surface area contributed by atoms with E-state index in [-0.39, 0.29) is 0 Å². The molecule has 0 amide bonds. The van der Waals surface area contributed by atoms with Gasteiger partial charge in [-0.3, -0.25) is 4.90 Å². The lowest BCUT2D eigenvalue weighted by molar-refractivity contribution is 0.0315. The van der Waals surface area contributed by atoms with Gasteiger partial charge in [0.05, 0.1) is 0 Å². The summed E-state index contributed by atoms with van der Waals surface area (Å²) >= 11 is 0. The molecule has 0 aromatic rings. The molecule has 1 saturated heterocycles. The molecule has 1 saturated carbocycles. The highest BCUT2D eigenvalue weighted by Gasteiger charge is 2.45. The van der Waals surface area contributed by atoms with Crippen molar-refractivity contribution in [3.8, 4) is 0 Å². The van der Waals surface area contributed by atoms with E-state index in [1.54, 1.807) is 0 Å². The highest BCUT2D eigenvalue weighted by molar-refractivity contribution is 5.02. The van der Waals surface area contributed by atoms with Gasteiger partial charge in [-0.15, -0.1) is 0 Å². The molecule has 64 valence electrons.